The van der Waals surface area contributed by atoms with Gasteiger partial charge in [-0.25, -0.2) is 8.78 Å². The van der Waals surface area contributed by atoms with Gasteiger partial charge in [0.2, 0.25) is 0 Å². The van der Waals surface area contributed by atoms with E-state index in [2.05, 4.69) is 0 Å². The number of nitrogens with two attached hydrogens (primary N) is 1. The fourth-order valence-corrected chi connectivity index (χ4v) is 1.45. The first-order valence-corrected chi connectivity index (χ1v) is 6.17. The number of aryl methyl sites for hydroxylation is 1. The summed E-state index contributed by atoms with van der Waals surface area (Å²) in [6.45, 7) is 11.2. The predicted octanol–water partition coefficient (Wildman–Crippen LogP) is 4.95. The van der Waals surface area contributed by atoms with E-state index >= 15 is 0 Å². The van der Waals surface area contributed by atoms with Crippen LogP contribution in [0.5, 0.6) is 0 Å². The second kappa shape index (κ2) is 9.57. The number of rotatable bonds is 2. The third kappa shape index (κ3) is 5.25. The van der Waals surface area contributed by atoms with Crippen molar-refractivity contribution in [1.29, 1.82) is 5.41 Å². The van der Waals surface area contributed by atoms with Crippen molar-refractivity contribution in [1.82, 2.24) is 0 Å². The minimum absolute atomic E-state index is 0.0674. The Balaban J connectivity index is 0. The molecule has 18 heavy (non-hydrogen) atoms. The van der Waals surface area contributed by atoms with Crippen molar-refractivity contribution >= 4 is 11.4 Å². The molecule has 3 N–H and O–H groups in total. The molecule has 0 aromatic heterocycles. The maximum atomic E-state index is 12.6. The number of hydrogen-bond acceptors (Lipinski definition) is 2. The van der Waals surface area contributed by atoms with Crippen LogP contribution < -0.4 is 5.73 Å². The zero-order valence-electron chi connectivity index (χ0n) is 12.1. The minimum atomic E-state index is -2.59. The molecule has 0 bridgehead atoms. The van der Waals surface area contributed by atoms with Gasteiger partial charge in [-0.05, 0) is 31.5 Å². The van der Waals surface area contributed by atoms with Crippen LogP contribution in [0.1, 0.15) is 57.7 Å². The highest BCUT2D eigenvalue weighted by atomic mass is 19.3. The smallest absolute Gasteiger partial charge is 0.264 e. The Kier molecular flexibility index (Phi) is 10.0. The maximum absolute atomic E-state index is 12.6. The molecule has 0 aliphatic heterocycles. The number of hydrogen-bond donors (Lipinski definition) is 2. The molecule has 0 atom stereocenters. The van der Waals surface area contributed by atoms with E-state index in [0.717, 1.165) is 0 Å². The van der Waals surface area contributed by atoms with Crippen LogP contribution in [0.2, 0.25) is 0 Å². The van der Waals surface area contributed by atoms with Crippen molar-refractivity contribution in [2.75, 3.05) is 5.73 Å². The van der Waals surface area contributed by atoms with Gasteiger partial charge in [0, 0.05) is 22.5 Å². The van der Waals surface area contributed by atoms with Crippen molar-refractivity contribution in [2.45, 2.75) is 48.0 Å². The molecule has 1 aromatic rings. The van der Waals surface area contributed by atoms with E-state index < -0.39 is 6.43 Å². The van der Waals surface area contributed by atoms with Gasteiger partial charge >= 0.3 is 0 Å². The van der Waals surface area contributed by atoms with Crippen molar-refractivity contribution < 1.29 is 8.78 Å². The summed E-state index contributed by atoms with van der Waals surface area (Å²) >= 11 is 0. The van der Waals surface area contributed by atoms with Crippen LogP contribution in [0.3, 0.4) is 0 Å². The third-order valence-corrected chi connectivity index (χ3v) is 1.95. The number of benzene rings is 1. The average Bonchev–Trinajstić information content (AvgIpc) is 2.32. The molecule has 2 nitrogen and oxygen atoms in total. The number of anilines is 1. The van der Waals surface area contributed by atoms with Crippen LogP contribution in [-0.2, 0) is 0 Å². The quantitative estimate of drug-likeness (QED) is 0.572. The predicted molar refractivity (Wildman–Crippen MR) is 75.7 cm³/mol. The molecule has 1 rings (SSSR count). The summed E-state index contributed by atoms with van der Waals surface area (Å²) in [7, 11) is 0. The number of nitrogen functional groups attached to an aromatic ring is 1. The number of alkyl halides is 2. The Labute approximate surface area is 109 Å². The molecule has 0 radical (unpaired) electrons. The molecular weight excluding hydrogens is 234 g/mol. The molecule has 0 amide bonds. The lowest BCUT2D eigenvalue weighted by molar-refractivity contribution is 0.151. The molecule has 0 aliphatic rings. The Morgan fingerprint density at radius 2 is 1.61 bits per heavy atom. The average molecular weight is 258 g/mol. The molecule has 0 aliphatic carbocycles. The summed E-state index contributed by atoms with van der Waals surface area (Å²) in [6.07, 6.45) is -2.59. The lowest BCUT2D eigenvalue weighted by Crippen LogP contribution is -2.06. The van der Waals surface area contributed by atoms with Gasteiger partial charge in [0.15, 0.2) is 0 Å². The molecule has 0 spiro atoms. The molecule has 0 unspecified atom stereocenters. The summed E-state index contributed by atoms with van der Waals surface area (Å²) in [5, 5.41) is 7.37. The third-order valence-electron chi connectivity index (χ3n) is 1.95. The van der Waals surface area contributed by atoms with Crippen molar-refractivity contribution in [3.8, 4) is 0 Å². The first kappa shape index (κ1) is 18.9. The lowest BCUT2D eigenvalue weighted by Gasteiger charge is -2.11. The highest BCUT2D eigenvalue weighted by Crippen LogP contribution is 2.28. The highest BCUT2D eigenvalue weighted by molar-refractivity contribution is 6.02. The van der Waals surface area contributed by atoms with E-state index in [9.17, 15) is 8.78 Å². The minimum Gasteiger partial charge on any atom is -0.398 e. The molecule has 0 saturated heterocycles. The van der Waals surface area contributed by atoms with Gasteiger partial charge in [0.05, 0.1) is 0 Å². The Morgan fingerprint density at radius 1 is 1.17 bits per heavy atom. The molecule has 1 aromatic carbocycles. The van der Waals surface area contributed by atoms with E-state index in [1.165, 1.54) is 13.0 Å². The molecule has 0 saturated carbocycles. The van der Waals surface area contributed by atoms with Crippen molar-refractivity contribution in [2.24, 2.45) is 0 Å². The normalized spacial score (nSPS) is 8.94. The zero-order chi connectivity index (χ0) is 14.9. The van der Waals surface area contributed by atoms with E-state index in [-0.39, 0.29) is 22.5 Å². The molecular formula is C14H24F2N2. The van der Waals surface area contributed by atoms with Gasteiger partial charge in [-0.15, -0.1) is 0 Å². The topological polar surface area (TPSA) is 49.9 Å². The second-order valence-corrected chi connectivity index (χ2v) is 3.24. The summed E-state index contributed by atoms with van der Waals surface area (Å²) < 4.78 is 25.2. The molecule has 104 valence electrons. The fraction of sp³-hybridized carbons (Fsp3) is 0.500. The van der Waals surface area contributed by atoms with Crippen molar-refractivity contribution in [3.63, 3.8) is 0 Å². The highest BCUT2D eigenvalue weighted by Gasteiger charge is 2.17. The first-order valence-electron chi connectivity index (χ1n) is 6.17. The standard InChI is InChI=1S/C10H12F2N2.2C2H6/c1-5-3-7(10(11)12)9(6(2)13)8(14)4-5;2*1-2/h3-4,10,13H,14H2,1-2H3;2*1-2H3. The summed E-state index contributed by atoms with van der Waals surface area (Å²) in [6, 6.07) is 2.97. The molecule has 0 heterocycles. The van der Waals surface area contributed by atoms with Crippen LogP contribution in [0, 0.1) is 12.3 Å². The van der Waals surface area contributed by atoms with Crippen LogP contribution in [0.15, 0.2) is 12.1 Å². The SMILES string of the molecule is CC.CC.CC(=N)c1c(N)cc(C)cc1C(F)F. The van der Waals surface area contributed by atoms with Crippen LogP contribution in [0.25, 0.3) is 0 Å². The zero-order valence-corrected chi connectivity index (χ0v) is 12.1. The Bertz CT molecular complexity index is 374. The lowest BCUT2D eigenvalue weighted by atomic mass is 9.99. The van der Waals surface area contributed by atoms with E-state index in [1.54, 1.807) is 13.0 Å². The van der Waals surface area contributed by atoms with Gasteiger partial charge in [0.1, 0.15) is 0 Å². The van der Waals surface area contributed by atoms with Crippen LogP contribution in [0.4, 0.5) is 14.5 Å². The van der Waals surface area contributed by atoms with Gasteiger partial charge in [-0.2, -0.15) is 0 Å². The monoisotopic (exact) mass is 258 g/mol. The van der Waals surface area contributed by atoms with Gasteiger partial charge in [-0.1, -0.05) is 27.7 Å². The number of halogens is 2. The Hall–Kier alpha value is -1.45. The Morgan fingerprint density at radius 3 is 1.94 bits per heavy atom. The summed E-state index contributed by atoms with van der Waals surface area (Å²) in [5.41, 5.74) is 6.58. The second-order valence-electron chi connectivity index (χ2n) is 3.24. The van der Waals surface area contributed by atoms with Gasteiger partial charge in [-0.3, -0.25) is 0 Å². The fourth-order valence-electron chi connectivity index (χ4n) is 1.45. The summed E-state index contributed by atoms with van der Waals surface area (Å²) in [4.78, 5) is 0. The van der Waals surface area contributed by atoms with Crippen LogP contribution >= 0.6 is 0 Å². The van der Waals surface area contributed by atoms with E-state index in [4.69, 9.17) is 11.1 Å². The van der Waals surface area contributed by atoms with E-state index in [1.807, 2.05) is 27.7 Å². The largest absolute Gasteiger partial charge is 0.398 e. The van der Waals surface area contributed by atoms with E-state index in [0.29, 0.717) is 5.56 Å². The van der Waals surface area contributed by atoms with Crippen LogP contribution in [-0.4, -0.2) is 5.71 Å². The van der Waals surface area contributed by atoms with Gasteiger partial charge in [0.25, 0.3) is 6.43 Å². The maximum Gasteiger partial charge on any atom is 0.264 e. The van der Waals surface area contributed by atoms with Crippen molar-refractivity contribution in [3.05, 3.63) is 28.8 Å². The molecule has 0 fully saturated rings. The molecule has 4 heteroatoms. The summed E-state index contributed by atoms with van der Waals surface area (Å²) in [5.74, 6) is 0. The van der Waals surface area contributed by atoms with Gasteiger partial charge < -0.3 is 11.1 Å². The first-order chi connectivity index (χ1) is 8.43. The number of nitrogens with one attached hydrogen (secondary N) is 1.